The van der Waals surface area contributed by atoms with Crippen molar-refractivity contribution in [2.75, 3.05) is 18.1 Å². The van der Waals surface area contributed by atoms with E-state index in [4.69, 9.17) is 10.00 Å². The van der Waals surface area contributed by atoms with E-state index in [0.29, 0.717) is 6.42 Å². The molecule has 1 aliphatic carbocycles. The second kappa shape index (κ2) is 4.42. The van der Waals surface area contributed by atoms with Crippen molar-refractivity contribution >= 4 is 15.8 Å². The minimum Gasteiger partial charge on any atom is -0.465 e. The van der Waals surface area contributed by atoms with Gasteiger partial charge in [-0.1, -0.05) is 6.92 Å². The number of hydrogen-bond acceptors (Lipinski definition) is 5. The number of ether oxygens (including phenoxy) is 1. The van der Waals surface area contributed by atoms with E-state index in [1.165, 1.54) is 0 Å². The van der Waals surface area contributed by atoms with Crippen LogP contribution in [0.4, 0.5) is 0 Å². The molecule has 0 amide bonds. The Hall–Kier alpha value is -1.09. The molecule has 1 rings (SSSR count). The molecule has 0 heterocycles. The van der Waals surface area contributed by atoms with Crippen LogP contribution < -0.4 is 0 Å². The van der Waals surface area contributed by atoms with Gasteiger partial charge in [0.1, 0.15) is 9.84 Å². The van der Waals surface area contributed by atoms with Gasteiger partial charge in [0.05, 0.1) is 18.4 Å². The Morgan fingerprint density at radius 2 is 2.19 bits per heavy atom. The molecular formula is C10H15NO4S. The van der Waals surface area contributed by atoms with Gasteiger partial charge in [-0.25, -0.2) is 8.42 Å². The summed E-state index contributed by atoms with van der Waals surface area (Å²) < 4.78 is 27.5. The highest BCUT2D eigenvalue weighted by Crippen LogP contribution is 2.53. The lowest BCUT2D eigenvalue weighted by molar-refractivity contribution is -0.147. The zero-order chi connectivity index (χ0) is 12.4. The predicted molar refractivity (Wildman–Crippen MR) is 57.1 cm³/mol. The molecule has 0 aromatic carbocycles. The molecule has 0 saturated heterocycles. The van der Waals surface area contributed by atoms with Crippen molar-refractivity contribution in [3.05, 3.63) is 0 Å². The SMILES string of the molecule is CCOC(=O)[C@]1(C#N)C[C@H]1CS(=O)(=O)CC. The zero-order valence-electron chi connectivity index (χ0n) is 9.39. The van der Waals surface area contributed by atoms with Crippen molar-refractivity contribution in [2.45, 2.75) is 20.3 Å². The second-order valence-corrected chi connectivity index (χ2v) is 6.30. The molecule has 0 aliphatic heterocycles. The number of hydrogen-bond donors (Lipinski definition) is 0. The summed E-state index contributed by atoms with van der Waals surface area (Å²) in [6.45, 7) is 3.41. The number of nitrogens with zero attached hydrogens (tertiary/aromatic N) is 1. The molecule has 1 fully saturated rings. The highest BCUT2D eigenvalue weighted by molar-refractivity contribution is 7.91. The van der Waals surface area contributed by atoms with Crippen LogP contribution in [0.2, 0.25) is 0 Å². The van der Waals surface area contributed by atoms with Crippen LogP contribution in [0.1, 0.15) is 20.3 Å². The minimum absolute atomic E-state index is 0.0355. The third kappa shape index (κ3) is 2.35. The van der Waals surface area contributed by atoms with Gasteiger partial charge in [0.15, 0.2) is 5.41 Å². The summed E-state index contributed by atoms with van der Waals surface area (Å²) in [5.41, 5.74) is -1.21. The molecule has 6 heteroatoms. The first-order valence-electron chi connectivity index (χ1n) is 5.20. The average molecular weight is 245 g/mol. The van der Waals surface area contributed by atoms with Gasteiger partial charge < -0.3 is 4.74 Å². The highest BCUT2D eigenvalue weighted by atomic mass is 32.2. The first-order valence-corrected chi connectivity index (χ1v) is 7.03. The molecule has 0 unspecified atom stereocenters. The predicted octanol–water partition coefficient (Wildman–Crippen LogP) is 0.514. The molecule has 1 saturated carbocycles. The number of carbonyl (C=O) groups is 1. The van der Waals surface area contributed by atoms with Crippen molar-refractivity contribution in [3.63, 3.8) is 0 Å². The Balaban J connectivity index is 2.71. The Bertz CT molecular complexity index is 423. The van der Waals surface area contributed by atoms with Crippen molar-refractivity contribution in [1.29, 1.82) is 5.26 Å². The van der Waals surface area contributed by atoms with Crippen LogP contribution in [0, 0.1) is 22.7 Å². The van der Waals surface area contributed by atoms with Crippen LogP contribution in [0.25, 0.3) is 0 Å². The molecule has 0 aromatic rings. The van der Waals surface area contributed by atoms with E-state index in [9.17, 15) is 13.2 Å². The first kappa shape index (κ1) is 13.0. The normalized spacial score (nSPS) is 28.2. The van der Waals surface area contributed by atoms with Crippen molar-refractivity contribution in [2.24, 2.45) is 11.3 Å². The average Bonchev–Trinajstić information content (AvgIpc) is 2.92. The molecule has 1 aliphatic rings. The van der Waals surface area contributed by atoms with Crippen molar-refractivity contribution in [1.82, 2.24) is 0 Å². The fraction of sp³-hybridized carbons (Fsp3) is 0.800. The maximum atomic E-state index is 11.5. The molecule has 5 nitrogen and oxygen atoms in total. The summed E-state index contributed by atoms with van der Waals surface area (Å²) in [6.07, 6.45) is 0.293. The monoisotopic (exact) mass is 245 g/mol. The van der Waals surface area contributed by atoms with E-state index in [-0.39, 0.29) is 18.1 Å². The fourth-order valence-electron chi connectivity index (χ4n) is 1.65. The molecule has 90 valence electrons. The molecular weight excluding hydrogens is 230 g/mol. The number of nitriles is 1. The number of esters is 1. The van der Waals surface area contributed by atoms with E-state index in [2.05, 4.69) is 0 Å². The van der Waals surface area contributed by atoms with Gasteiger partial charge in [0, 0.05) is 11.7 Å². The first-order chi connectivity index (χ1) is 7.41. The molecule has 16 heavy (non-hydrogen) atoms. The molecule has 0 N–H and O–H groups in total. The smallest absolute Gasteiger partial charge is 0.326 e. The standard InChI is InChI=1S/C10H15NO4S/c1-3-15-9(12)10(7-11)5-8(10)6-16(13,14)4-2/h8H,3-6H2,1-2H3/t8-,10-/m0/s1. The topological polar surface area (TPSA) is 84.2 Å². The van der Waals surface area contributed by atoms with Crippen LogP contribution in [-0.2, 0) is 19.4 Å². The van der Waals surface area contributed by atoms with Crippen LogP contribution in [0.3, 0.4) is 0 Å². The van der Waals surface area contributed by atoms with E-state index in [0.717, 1.165) is 0 Å². The Kier molecular flexibility index (Phi) is 3.58. The van der Waals surface area contributed by atoms with E-state index < -0.39 is 27.1 Å². The summed E-state index contributed by atoms with van der Waals surface area (Å²) >= 11 is 0. The lowest BCUT2D eigenvalue weighted by Crippen LogP contribution is -2.23. The van der Waals surface area contributed by atoms with Gasteiger partial charge in [0.2, 0.25) is 0 Å². The molecule has 0 aromatic heterocycles. The third-order valence-corrected chi connectivity index (χ3v) is 4.63. The van der Waals surface area contributed by atoms with Gasteiger partial charge >= 0.3 is 5.97 Å². The van der Waals surface area contributed by atoms with E-state index in [1.807, 2.05) is 6.07 Å². The summed E-state index contributed by atoms with van der Waals surface area (Å²) in [6, 6.07) is 1.89. The quantitative estimate of drug-likeness (QED) is 0.659. The van der Waals surface area contributed by atoms with Crippen LogP contribution in [0.15, 0.2) is 0 Å². The van der Waals surface area contributed by atoms with Crippen LogP contribution in [0.5, 0.6) is 0 Å². The number of carbonyl (C=O) groups excluding carboxylic acids is 1. The zero-order valence-corrected chi connectivity index (χ0v) is 10.2. The maximum Gasteiger partial charge on any atom is 0.326 e. The van der Waals surface area contributed by atoms with Gasteiger partial charge in [-0.3, -0.25) is 4.79 Å². The van der Waals surface area contributed by atoms with E-state index >= 15 is 0 Å². The molecule has 0 bridgehead atoms. The summed E-state index contributed by atoms with van der Waals surface area (Å²) in [5.74, 6) is -1.06. The fourth-order valence-corrected chi connectivity index (χ4v) is 2.90. The van der Waals surface area contributed by atoms with Crippen LogP contribution >= 0.6 is 0 Å². The Morgan fingerprint density at radius 1 is 1.56 bits per heavy atom. The largest absolute Gasteiger partial charge is 0.465 e. The van der Waals surface area contributed by atoms with Gasteiger partial charge in [-0.2, -0.15) is 5.26 Å². The van der Waals surface area contributed by atoms with E-state index in [1.54, 1.807) is 13.8 Å². The van der Waals surface area contributed by atoms with Gasteiger partial charge in [0.25, 0.3) is 0 Å². The Labute approximate surface area is 95.3 Å². The number of rotatable bonds is 5. The lowest BCUT2D eigenvalue weighted by Gasteiger charge is -2.07. The lowest BCUT2D eigenvalue weighted by atomic mass is 10.1. The molecule has 0 spiro atoms. The van der Waals surface area contributed by atoms with Gasteiger partial charge in [-0.15, -0.1) is 0 Å². The summed E-state index contributed by atoms with van der Waals surface area (Å²) in [4.78, 5) is 11.5. The van der Waals surface area contributed by atoms with Crippen molar-refractivity contribution in [3.8, 4) is 6.07 Å². The summed E-state index contributed by atoms with van der Waals surface area (Å²) in [7, 11) is -3.14. The Morgan fingerprint density at radius 3 is 2.62 bits per heavy atom. The molecule has 2 atom stereocenters. The molecule has 0 radical (unpaired) electrons. The second-order valence-electron chi connectivity index (χ2n) is 3.90. The van der Waals surface area contributed by atoms with Gasteiger partial charge in [-0.05, 0) is 13.3 Å². The number of sulfone groups is 1. The van der Waals surface area contributed by atoms with Crippen molar-refractivity contribution < 1.29 is 17.9 Å². The maximum absolute atomic E-state index is 11.5. The minimum atomic E-state index is -3.14. The van der Waals surface area contributed by atoms with Crippen LogP contribution in [-0.4, -0.2) is 32.5 Å². The highest BCUT2D eigenvalue weighted by Gasteiger charge is 2.63. The summed E-state index contributed by atoms with van der Waals surface area (Å²) in [5, 5.41) is 8.95. The third-order valence-electron chi connectivity index (χ3n) is 2.84.